The zero-order valence-electron chi connectivity index (χ0n) is 13.1. The van der Waals surface area contributed by atoms with Gasteiger partial charge in [0.1, 0.15) is 10.8 Å². The molecule has 0 amide bonds. The lowest BCUT2D eigenvalue weighted by Crippen LogP contribution is -2.41. The molecule has 0 unspecified atom stereocenters. The summed E-state index contributed by atoms with van der Waals surface area (Å²) in [5.74, 6) is 1.09. The Balaban J connectivity index is 2.25. The fourth-order valence-electron chi connectivity index (χ4n) is 3.45. The van der Waals surface area contributed by atoms with E-state index in [0.717, 1.165) is 30.2 Å². The van der Waals surface area contributed by atoms with E-state index in [0.29, 0.717) is 10.4 Å². The number of hydrogen-bond acceptors (Lipinski definition) is 3. The molecule has 1 aromatic heterocycles. The van der Waals surface area contributed by atoms with Crippen LogP contribution in [0.15, 0.2) is 0 Å². The van der Waals surface area contributed by atoms with Gasteiger partial charge in [-0.25, -0.2) is 0 Å². The van der Waals surface area contributed by atoms with Gasteiger partial charge in [-0.1, -0.05) is 38.9 Å². The minimum atomic E-state index is 0.452. The zero-order valence-corrected chi connectivity index (χ0v) is 13.9. The van der Waals surface area contributed by atoms with Crippen molar-refractivity contribution < 1.29 is 0 Å². The van der Waals surface area contributed by atoms with Crippen LogP contribution in [0.1, 0.15) is 50.8 Å². The Bertz CT molecular complexity index is 492. The van der Waals surface area contributed by atoms with Crippen molar-refractivity contribution in [3.8, 4) is 0 Å². The molecule has 0 spiro atoms. The molecule has 0 aliphatic carbocycles. The first-order chi connectivity index (χ1) is 9.44. The van der Waals surface area contributed by atoms with Crippen molar-refractivity contribution in [1.82, 2.24) is 9.78 Å². The number of nitrogens with two attached hydrogens (primary N) is 1. The maximum absolute atomic E-state index is 5.89. The van der Waals surface area contributed by atoms with Gasteiger partial charge >= 0.3 is 0 Å². The molecule has 0 aromatic carbocycles. The fourth-order valence-corrected chi connectivity index (χ4v) is 3.69. The molecule has 1 aliphatic heterocycles. The summed E-state index contributed by atoms with van der Waals surface area (Å²) >= 11 is 5.21. The molecule has 2 N–H and O–H groups in total. The van der Waals surface area contributed by atoms with E-state index < -0.39 is 0 Å². The number of aryl methyl sites for hydroxylation is 2. The molecular formula is C15H26N4S. The largest absolute Gasteiger partial charge is 0.389 e. The Labute approximate surface area is 127 Å². The number of hydrogen-bond donors (Lipinski definition) is 1. The van der Waals surface area contributed by atoms with Crippen molar-refractivity contribution in [1.29, 1.82) is 0 Å². The van der Waals surface area contributed by atoms with Gasteiger partial charge < -0.3 is 10.6 Å². The summed E-state index contributed by atoms with van der Waals surface area (Å²) < 4.78 is 1.93. The predicted molar refractivity (Wildman–Crippen MR) is 88.3 cm³/mol. The van der Waals surface area contributed by atoms with Gasteiger partial charge in [-0.05, 0) is 25.2 Å². The van der Waals surface area contributed by atoms with Gasteiger partial charge in [-0.15, -0.1) is 0 Å². The van der Waals surface area contributed by atoms with Crippen LogP contribution in [-0.4, -0.2) is 27.9 Å². The van der Waals surface area contributed by atoms with E-state index >= 15 is 0 Å². The second-order valence-corrected chi connectivity index (χ2v) is 6.41. The van der Waals surface area contributed by atoms with Crippen LogP contribution in [0, 0.1) is 12.3 Å². The minimum Gasteiger partial charge on any atom is -0.389 e. The summed E-state index contributed by atoms with van der Waals surface area (Å²) in [6.45, 7) is 8.73. The molecule has 1 saturated heterocycles. The molecule has 20 heavy (non-hydrogen) atoms. The first kappa shape index (κ1) is 15.3. The Morgan fingerprint density at radius 2 is 1.85 bits per heavy atom. The average Bonchev–Trinajstić information content (AvgIpc) is 2.73. The highest BCUT2D eigenvalue weighted by atomic mass is 32.1. The van der Waals surface area contributed by atoms with E-state index in [1.807, 2.05) is 18.7 Å². The summed E-state index contributed by atoms with van der Waals surface area (Å²) in [6, 6.07) is 0. The average molecular weight is 294 g/mol. The summed E-state index contributed by atoms with van der Waals surface area (Å²) in [7, 11) is 1.98. The third-order valence-electron chi connectivity index (χ3n) is 5.06. The Morgan fingerprint density at radius 3 is 2.30 bits per heavy atom. The van der Waals surface area contributed by atoms with Crippen LogP contribution in [0.5, 0.6) is 0 Å². The first-order valence-corrected chi connectivity index (χ1v) is 7.93. The summed E-state index contributed by atoms with van der Waals surface area (Å²) in [5.41, 5.74) is 8.29. The normalized spacial score (nSPS) is 18.3. The smallest absolute Gasteiger partial charge is 0.137 e. The Kier molecular flexibility index (Phi) is 4.37. The van der Waals surface area contributed by atoms with E-state index in [-0.39, 0.29) is 0 Å². The maximum atomic E-state index is 5.89. The third-order valence-corrected chi connectivity index (χ3v) is 5.27. The highest BCUT2D eigenvalue weighted by Gasteiger charge is 2.33. The number of aromatic nitrogens is 2. The number of piperidine rings is 1. The quantitative estimate of drug-likeness (QED) is 0.868. The predicted octanol–water partition coefficient (Wildman–Crippen LogP) is 2.77. The molecule has 2 heterocycles. The molecule has 4 nitrogen and oxygen atoms in total. The second-order valence-electron chi connectivity index (χ2n) is 5.97. The third kappa shape index (κ3) is 2.55. The molecule has 0 bridgehead atoms. The van der Waals surface area contributed by atoms with E-state index in [1.54, 1.807) is 0 Å². The molecule has 112 valence electrons. The van der Waals surface area contributed by atoms with Crippen LogP contribution in [0.25, 0.3) is 0 Å². The van der Waals surface area contributed by atoms with E-state index in [9.17, 15) is 0 Å². The standard InChI is InChI=1S/C15H26N4S/c1-5-15(6-2)7-9-19(10-8-15)14-12(13(16)20)11(3)17-18(14)4/h5-10H2,1-4H3,(H2,16,20). The van der Waals surface area contributed by atoms with Crippen molar-refractivity contribution >= 4 is 23.0 Å². The van der Waals surface area contributed by atoms with Gasteiger partial charge in [0.05, 0.1) is 11.3 Å². The lowest BCUT2D eigenvalue weighted by molar-refractivity contribution is 0.198. The molecule has 1 aromatic rings. The number of anilines is 1. The van der Waals surface area contributed by atoms with Crippen LogP contribution in [0.2, 0.25) is 0 Å². The number of rotatable bonds is 4. The summed E-state index contributed by atoms with van der Waals surface area (Å²) in [6.07, 6.45) is 5.01. The molecule has 0 saturated carbocycles. The van der Waals surface area contributed by atoms with Gasteiger partial charge in [-0.3, -0.25) is 4.68 Å². The zero-order chi connectivity index (χ0) is 14.9. The molecule has 1 aliphatic rings. The van der Waals surface area contributed by atoms with Crippen LogP contribution < -0.4 is 10.6 Å². The van der Waals surface area contributed by atoms with E-state index in [1.165, 1.54) is 25.7 Å². The molecule has 1 fully saturated rings. The maximum Gasteiger partial charge on any atom is 0.137 e. The monoisotopic (exact) mass is 294 g/mol. The number of thiocarbonyl (C=S) groups is 1. The molecule has 2 rings (SSSR count). The number of nitrogens with zero attached hydrogens (tertiary/aromatic N) is 3. The Morgan fingerprint density at radius 1 is 1.30 bits per heavy atom. The summed E-state index contributed by atoms with van der Waals surface area (Å²) in [5, 5.41) is 4.49. The van der Waals surface area contributed by atoms with Crippen molar-refractivity contribution in [2.75, 3.05) is 18.0 Å². The second kappa shape index (κ2) is 5.72. The Hall–Kier alpha value is -1.10. The van der Waals surface area contributed by atoms with E-state index in [2.05, 4.69) is 23.8 Å². The highest BCUT2D eigenvalue weighted by Crippen LogP contribution is 2.39. The van der Waals surface area contributed by atoms with Crippen LogP contribution in [0.3, 0.4) is 0 Å². The van der Waals surface area contributed by atoms with Crippen molar-refractivity contribution in [3.05, 3.63) is 11.3 Å². The van der Waals surface area contributed by atoms with Gasteiger partial charge in [-0.2, -0.15) is 5.10 Å². The van der Waals surface area contributed by atoms with Crippen molar-refractivity contribution in [2.24, 2.45) is 18.2 Å². The lowest BCUT2D eigenvalue weighted by atomic mass is 9.74. The molecular weight excluding hydrogens is 268 g/mol. The van der Waals surface area contributed by atoms with Gasteiger partial charge in [0.2, 0.25) is 0 Å². The fraction of sp³-hybridized carbons (Fsp3) is 0.733. The summed E-state index contributed by atoms with van der Waals surface area (Å²) in [4.78, 5) is 2.85. The molecule has 5 heteroatoms. The SMILES string of the molecule is CCC1(CC)CCN(c2c(C(N)=S)c(C)nn2C)CC1. The van der Waals surface area contributed by atoms with Crippen LogP contribution in [-0.2, 0) is 7.05 Å². The molecule has 0 radical (unpaired) electrons. The van der Waals surface area contributed by atoms with Crippen molar-refractivity contribution in [2.45, 2.75) is 46.5 Å². The van der Waals surface area contributed by atoms with Gasteiger partial charge in [0.25, 0.3) is 0 Å². The minimum absolute atomic E-state index is 0.452. The lowest BCUT2D eigenvalue weighted by Gasteiger charge is -2.42. The molecule has 0 atom stereocenters. The van der Waals surface area contributed by atoms with Gasteiger partial charge in [0.15, 0.2) is 0 Å². The van der Waals surface area contributed by atoms with Crippen LogP contribution >= 0.6 is 12.2 Å². The van der Waals surface area contributed by atoms with Crippen LogP contribution in [0.4, 0.5) is 5.82 Å². The van der Waals surface area contributed by atoms with E-state index in [4.69, 9.17) is 18.0 Å². The topological polar surface area (TPSA) is 47.1 Å². The highest BCUT2D eigenvalue weighted by molar-refractivity contribution is 7.80. The van der Waals surface area contributed by atoms with Crippen molar-refractivity contribution in [3.63, 3.8) is 0 Å². The first-order valence-electron chi connectivity index (χ1n) is 7.52. The van der Waals surface area contributed by atoms with Gasteiger partial charge in [0, 0.05) is 20.1 Å².